The van der Waals surface area contributed by atoms with Crippen LogP contribution in [-0.4, -0.2) is 16.7 Å². The summed E-state index contributed by atoms with van der Waals surface area (Å²) in [5.41, 5.74) is -0.141. The van der Waals surface area contributed by atoms with E-state index in [4.69, 9.17) is 4.74 Å². The van der Waals surface area contributed by atoms with Gasteiger partial charge in [0.25, 0.3) is 5.69 Å². The number of hydrogen-bond acceptors (Lipinski definition) is 5. The van der Waals surface area contributed by atoms with Gasteiger partial charge in [-0.15, -0.1) is 0 Å². The first-order valence-electron chi connectivity index (χ1n) is 5.05. The molecule has 0 spiro atoms. The van der Waals surface area contributed by atoms with Gasteiger partial charge in [0.2, 0.25) is 0 Å². The van der Waals surface area contributed by atoms with Crippen molar-refractivity contribution in [2.24, 2.45) is 0 Å². The van der Waals surface area contributed by atoms with E-state index in [1.165, 1.54) is 32.0 Å². The van der Waals surface area contributed by atoms with Crippen LogP contribution >= 0.6 is 0 Å². The van der Waals surface area contributed by atoms with E-state index < -0.39 is 10.9 Å². The number of ether oxygens (including phenoxy) is 1. The maximum Gasteiger partial charge on any atom is 0.343 e. The van der Waals surface area contributed by atoms with E-state index in [0.29, 0.717) is 0 Å². The van der Waals surface area contributed by atoms with Crippen molar-refractivity contribution in [1.29, 1.82) is 0 Å². The predicted molar refractivity (Wildman–Crippen MR) is 62.9 cm³/mol. The molecule has 94 valence electrons. The van der Waals surface area contributed by atoms with E-state index in [2.05, 4.69) is 0 Å². The van der Waals surface area contributed by atoms with E-state index in [1.54, 1.807) is 0 Å². The standard InChI is InChI=1S/C12H11NO5/c1-8(14)6-9(2)18-12(15)10-4-3-5-11(7-10)13(16)17/h3-7H,1-2H3/b9-6+. The van der Waals surface area contributed by atoms with Gasteiger partial charge < -0.3 is 4.74 Å². The maximum absolute atomic E-state index is 11.6. The van der Waals surface area contributed by atoms with E-state index in [9.17, 15) is 19.7 Å². The summed E-state index contributed by atoms with van der Waals surface area (Å²) in [6, 6.07) is 5.17. The Morgan fingerprint density at radius 2 is 2.00 bits per heavy atom. The van der Waals surface area contributed by atoms with Crippen LogP contribution in [0.25, 0.3) is 0 Å². The molecule has 1 rings (SSSR count). The summed E-state index contributed by atoms with van der Waals surface area (Å²) in [4.78, 5) is 32.3. The normalized spacial score (nSPS) is 10.9. The SMILES string of the molecule is CC(=O)/C=C(\C)OC(=O)c1cccc([N+](=O)[O-])c1. The Hall–Kier alpha value is -2.50. The maximum atomic E-state index is 11.6. The highest BCUT2D eigenvalue weighted by molar-refractivity contribution is 5.92. The first-order valence-corrected chi connectivity index (χ1v) is 5.05. The summed E-state index contributed by atoms with van der Waals surface area (Å²) in [5, 5.41) is 10.5. The monoisotopic (exact) mass is 249 g/mol. The van der Waals surface area contributed by atoms with E-state index in [0.717, 1.165) is 12.1 Å². The number of non-ortho nitro benzene ring substituents is 1. The molecule has 18 heavy (non-hydrogen) atoms. The first-order chi connectivity index (χ1) is 8.40. The molecule has 1 aromatic carbocycles. The Bertz CT molecular complexity index is 533. The molecule has 0 aliphatic heterocycles. The Balaban J connectivity index is 2.88. The highest BCUT2D eigenvalue weighted by atomic mass is 16.6. The zero-order valence-electron chi connectivity index (χ0n) is 9.88. The molecular weight excluding hydrogens is 238 g/mol. The molecule has 0 aliphatic carbocycles. The molecule has 6 nitrogen and oxygen atoms in total. The topological polar surface area (TPSA) is 86.5 Å². The second kappa shape index (κ2) is 5.72. The summed E-state index contributed by atoms with van der Waals surface area (Å²) in [6.07, 6.45) is 1.16. The number of esters is 1. The quantitative estimate of drug-likeness (QED) is 0.268. The van der Waals surface area contributed by atoms with Gasteiger partial charge >= 0.3 is 5.97 Å². The van der Waals surface area contributed by atoms with Crippen LogP contribution in [0.1, 0.15) is 24.2 Å². The lowest BCUT2D eigenvalue weighted by Gasteiger charge is -2.03. The number of allylic oxidation sites excluding steroid dienone is 2. The molecule has 0 saturated heterocycles. The number of benzene rings is 1. The lowest BCUT2D eigenvalue weighted by atomic mass is 10.2. The number of nitrogens with zero attached hydrogens (tertiary/aromatic N) is 1. The van der Waals surface area contributed by atoms with Gasteiger partial charge in [-0.3, -0.25) is 14.9 Å². The molecular formula is C12H11NO5. The Labute approximate surface area is 103 Å². The largest absolute Gasteiger partial charge is 0.428 e. The van der Waals surface area contributed by atoms with Crippen molar-refractivity contribution in [2.75, 3.05) is 0 Å². The van der Waals surface area contributed by atoms with E-state index in [1.807, 2.05) is 0 Å². The van der Waals surface area contributed by atoms with Crippen molar-refractivity contribution in [1.82, 2.24) is 0 Å². The first kappa shape index (κ1) is 13.6. The van der Waals surface area contributed by atoms with Crippen LogP contribution in [0.15, 0.2) is 36.1 Å². The van der Waals surface area contributed by atoms with Gasteiger partial charge in [-0.25, -0.2) is 4.79 Å². The molecule has 0 heterocycles. The minimum absolute atomic E-state index is 0.0560. The molecule has 0 radical (unpaired) electrons. The third kappa shape index (κ3) is 3.82. The van der Waals surface area contributed by atoms with Gasteiger partial charge in [0.1, 0.15) is 5.76 Å². The van der Waals surface area contributed by atoms with Crippen LogP contribution < -0.4 is 0 Å². The van der Waals surface area contributed by atoms with Crippen molar-refractivity contribution in [3.8, 4) is 0 Å². The molecule has 0 N–H and O–H groups in total. The molecule has 0 aromatic heterocycles. The molecule has 6 heteroatoms. The lowest BCUT2D eigenvalue weighted by molar-refractivity contribution is -0.384. The molecule has 0 saturated carbocycles. The number of nitro benzene ring substituents is 1. The third-order valence-electron chi connectivity index (χ3n) is 1.95. The van der Waals surface area contributed by atoms with Crippen LogP contribution in [0.2, 0.25) is 0 Å². The van der Waals surface area contributed by atoms with Crippen molar-refractivity contribution in [3.05, 3.63) is 51.8 Å². The Kier molecular flexibility index (Phi) is 4.31. The minimum Gasteiger partial charge on any atom is -0.428 e. The number of carbonyl (C=O) groups is 2. The molecule has 0 amide bonds. The molecule has 0 bridgehead atoms. The number of ketones is 1. The van der Waals surface area contributed by atoms with Crippen molar-refractivity contribution < 1.29 is 19.2 Å². The fourth-order valence-corrected chi connectivity index (χ4v) is 1.27. The average Bonchev–Trinajstić information content (AvgIpc) is 2.27. The van der Waals surface area contributed by atoms with Gasteiger partial charge in [-0.05, 0) is 19.9 Å². The second-order valence-electron chi connectivity index (χ2n) is 3.56. The number of rotatable bonds is 4. The molecule has 0 unspecified atom stereocenters. The second-order valence-corrected chi connectivity index (χ2v) is 3.56. The van der Waals surface area contributed by atoms with Crippen molar-refractivity contribution >= 4 is 17.4 Å². The van der Waals surface area contributed by atoms with Crippen LogP contribution in [0.4, 0.5) is 5.69 Å². The number of carbonyl (C=O) groups excluding carboxylic acids is 2. The Morgan fingerprint density at radius 1 is 1.33 bits per heavy atom. The van der Waals surface area contributed by atoms with Gasteiger partial charge in [0.15, 0.2) is 5.78 Å². The molecule has 0 fully saturated rings. The third-order valence-corrected chi connectivity index (χ3v) is 1.95. The van der Waals surface area contributed by atoms with Crippen LogP contribution in [0, 0.1) is 10.1 Å². The lowest BCUT2D eigenvalue weighted by Crippen LogP contribution is -2.05. The summed E-state index contributed by atoms with van der Waals surface area (Å²) < 4.78 is 4.86. The van der Waals surface area contributed by atoms with E-state index in [-0.39, 0.29) is 22.8 Å². The fraction of sp³-hybridized carbons (Fsp3) is 0.167. The summed E-state index contributed by atoms with van der Waals surface area (Å²) in [5.74, 6) is -0.855. The summed E-state index contributed by atoms with van der Waals surface area (Å²) >= 11 is 0. The molecule has 1 aromatic rings. The van der Waals surface area contributed by atoms with Gasteiger partial charge in [0, 0.05) is 18.2 Å². The Morgan fingerprint density at radius 3 is 2.56 bits per heavy atom. The predicted octanol–water partition coefficient (Wildman–Crippen LogP) is 2.24. The van der Waals surface area contributed by atoms with Crippen molar-refractivity contribution in [2.45, 2.75) is 13.8 Å². The van der Waals surface area contributed by atoms with Crippen LogP contribution in [-0.2, 0) is 9.53 Å². The smallest absolute Gasteiger partial charge is 0.343 e. The average molecular weight is 249 g/mol. The van der Waals surface area contributed by atoms with Gasteiger partial charge in [-0.2, -0.15) is 0 Å². The van der Waals surface area contributed by atoms with Crippen LogP contribution in [0.3, 0.4) is 0 Å². The number of nitro groups is 1. The zero-order chi connectivity index (χ0) is 13.7. The van der Waals surface area contributed by atoms with Crippen LogP contribution in [0.5, 0.6) is 0 Å². The zero-order valence-corrected chi connectivity index (χ0v) is 9.88. The number of hydrogen-bond donors (Lipinski definition) is 0. The van der Waals surface area contributed by atoms with Gasteiger partial charge in [0.05, 0.1) is 10.5 Å². The van der Waals surface area contributed by atoms with E-state index >= 15 is 0 Å². The fourth-order valence-electron chi connectivity index (χ4n) is 1.27. The molecule has 0 aliphatic rings. The highest BCUT2D eigenvalue weighted by Gasteiger charge is 2.13. The summed E-state index contributed by atoms with van der Waals surface area (Å²) in [7, 11) is 0. The summed E-state index contributed by atoms with van der Waals surface area (Å²) in [6.45, 7) is 2.78. The molecule has 0 atom stereocenters. The van der Waals surface area contributed by atoms with Gasteiger partial charge in [-0.1, -0.05) is 6.07 Å². The van der Waals surface area contributed by atoms with Crippen molar-refractivity contribution in [3.63, 3.8) is 0 Å². The minimum atomic E-state index is -0.742. The highest BCUT2D eigenvalue weighted by Crippen LogP contribution is 2.14.